The normalized spacial score (nSPS) is 21.4. The van der Waals surface area contributed by atoms with Crippen LogP contribution in [-0.4, -0.2) is 17.3 Å². The van der Waals surface area contributed by atoms with E-state index in [0.717, 1.165) is 73.6 Å². The fourth-order valence-electron chi connectivity index (χ4n) is 5.17. The third-order valence-electron chi connectivity index (χ3n) is 6.71. The molecule has 214 valence electrons. The Balaban J connectivity index is 0.000000210. The summed E-state index contributed by atoms with van der Waals surface area (Å²) < 4.78 is 0. The van der Waals surface area contributed by atoms with Gasteiger partial charge in [0, 0.05) is 18.4 Å². The highest BCUT2D eigenvalue weighted by atomic mass is 16.1. The molecule has 0 aliphatic heterocycles. The Labute approximate surface area is 238 Å². The molecule has 0 N–H and O–H groups in total. The third-order valence-corrected chi connectivity index (χ3v) is 6.71. The van der Waals surface area contributed by atoms with Crippen LogP contribution < -0.4 is 0 Å². The van der Waals surface area contributed by atoms with E-state index >= 15 is 0 Å². The Bertz CT molecular complexity index is 1120. The summed E-state index contributed by atoms with van der Waals surface area (Å²) in [6.07, 6.45) is 15.1. The van der Waals surface area contributed by atoms with E-state index in [1.165, 1.54) is 12.0 Å². The van der Waals surface area contributed by atoms with Gasteiger partial charge in [-0.05, 0) is 83.5 Å². The van der Waals surface area contributed by atoms with Crippen molar-refractivity contribution in [3.63, 3.8) is 0 Å². The number of carbonyl (C=O) groups excluding carboxylic acids is 3. The molecular weight excluding hydrogens is 480 g/mol. The number of Topliss-reactive ketones (excluding diaryl/α,β-unsaturated/α-hetero) is 3. The second-order valence-electron chi connectivity index (χ2n) is 14.5. The maximum absolute atomic E-state index is 12.2. The topological polar surface area (TPSA) is 51.2 Å². The lowest BCUT2D eigenvalue weighted by Crippen LogP contribution is -2.16. The van der Waals surface area contributed by atoms with Gasteiger partial charge in [0.05, 0.1) is 0 Å². The molecule has 0 amide bonds. The summed E-state index contributed by atoms with van der Waals surface area (Å²) in [7, 11) is 0. The fourth-order valence-corrected chi connectivity index (χ4v) is 5.17. The molecule has 0 saturated heterocycles. The quantitative estimate of drug-likeness (QED) is 0.313. The van der Waals surface area contributed by atoms with Gasteiger partial charge in [0.25, 0.3) is 0 Å². The van der Waals surface area contributed by atoms with Crippen molar-refractivity contribution in [2.45, 2.75) is 120 Å². The van der Waals surface area contributed by atoms with Gasteiger partial charge in [-0.3, -0.25) is 14.4 Å². The summed E-state index contributed by atoms with van der Waals surface area (Å²) >= 11 is 0. The van der Waals surface area contributed by atoms with Gasteiger partial charge in [0.15, 0.2) is 17.3 Å². The minimum absolute atomic E-state index is 0.0806. The van der Waals surface area contributed by atoms with E-state index in [9.17, 15) is 14.4 Å². The zero-order valence-electron chi connectivity index (χ0n) is 26.1. The van der Waals surface area contributed by atoms with Gasteiger partial charge in [-0.2, -0.15) is 0 Å². The molecule has 0 spiro atoms. The standard InChI is InChI=1S/C15H18O.C11H18O.C10H16O/c1-15(2,3)10-12-9-8-11-6-4-5-7-13(11)14(12)16;1-11(2,3)8-9-6-4-5-7-10(9)12;1-10(2,3)7-8-5-4-6-9(8)11/h4-7,10H,8-9H2,1-3H3;8H,4-7H2,1-3H3;7H,4-6H2,1-3H3. The van der Waals surface area contributed by atoms with Crippen molar-refractivity contribution < 1.29 is 14.4 Å². The van der Waals surface area contributed by atoms with Gasteiger partial charge < -0.3 is 0 Å². The van der Waals surface area contributed by atoms with Crippen LogP contribution in [0.5, 0.6) is 0 Å². The molecule has 1 aromatic carbocycles. The van der Waals surface area contributed by atoms with E-state index in [0.29, 0.717) is 11.6 Å². The lowest BCUT2D eigenvalue weighted by atomic mass is 9.83. The number of fused-ring (bicyclic) bond motifs is 1. The van der Waals surface area contributed by atoms with E-state index in [4.69, 9.17) is 0 Å². The first kappa shape index (κ1) is 32.7. The van der Waals surface area contributed by atoms with Crippen LogP contribution in [0.25, 0.3) is 0 Å². The second-order valence-corrected chi connectivity index (χ2v) is 14.5. The smallest absolute Gasteiger partial charge is 0.188 e. The molecule has 4 rings (SSSR count). The molecular formula is C36H52O3. The highest BCUT2D eigenvalue weighted by molar-refractivity contribution is 6.10. The molecule has 3 aliphatic carbocycles. The average Bonchev–Trinajstić information content (AvgIpc) is 3.19. The lowest BCUT2D eigenvalue weighted by molar-refractivity contribution is -0.116. The highest BCUT2D eigenvalue weighted by Crippen LogP contribution is 2.29. The zero-order chi connectivity index (χ0) is 29.4. The Kier molecular flexibility index (Phi) is 11.5. The number of allylic oxidation sites excluding steroid dienone is 6. The SMILES string of the molecule is CC(C)(C)C=C1CCCC1=O.CC(C)(C)C=C1CCCCC1=O.CC(C)(C)C=C1CCc2ccccc2C1=O. The van der Waals surface area contributed by atoms with Crippen molar-refractivity contribution in [2.24, 2.45) is 16.2 Å². The molecule has 3 heteroatoms. The molecule has 3 nitrogen and oxygen atoms in total. The van der Waals surface area contributed by atoms with E-state index in [2.05, 4.69) is 86.6 Å². The molecule has 0 unspecified atom stereocenters. The predicted molar refractivity (Wildman–Crippen MR) is 164 cm³/mol. The van der Waals surface area contributed by atoms with Gasteiger partial charge in [0.2, 0.25) is 0 Å². The minimum Gasteiger partial charge on any atom is -0.295 e. The summed E-state index contributed by atoms with van der Waals surface area (Å²) in [6.45, 7) is 19.2. The molecule has 1 aromatic rings. The fraction of sp³-hybridized carbons (Fsp3) is 0.583. The monoisotopic (exact) mass is 532 g/mol. The number of hydrogen-bond acceptors (Lipinski definition) is 3. The number of ketones is 3. The number of aryl methyl sites for hydroxylation is 1. The maximum atomic E-state index is 12.2. The highest BCUT2D eigenvalue weighted by Gasteiger charge is 2.23. The van der Waals surface area contributed by atoms with Gasteiger partial charge in [0.1, 0.15) is 0 Å². The van der Waals surface area contributed by atoms with Crippen LogP contribution in [0.3, 0.4) is 0 Å². The van der Waals surface area contributed by atoms with E-state index < -0.39 is 0 Å². The third kappa shape index (κ3) is 12.0. The van der Waals surface area contributed by atoms with Crippen molar-refractivity contribution in [3.05, 3.63) is 70.3 Å². The molecule has 2 fully saturated rings. The summed E-state index contributed by atoms with van der Waals surface area (Å²) in [5.41, 5.74) is 5.58. The van der Waals surface area contributed by atoms with Crippen LogP contribution in [0.4, 0.5) is 0 Å². The molecule has 0 atom stereocenters. The molecule has 0 bridgehead atoms. The molecule has 0 radical (unpaired) electrons. The van der Waals surface area contributed by atoms with Crippen LogP contribution in [0.2, 0.25) is 0 Å². The first-order chi connectivity index (χ1) is 18.0. The summed E-state index contributed by atoms with van der Waals surface area (Å²) in [6, 6.07) is 7.94. The lowest BCUT2D eigenvalue weighted by Gasteiger charge is -2.21. The van der Waals surface area contributed by atoms with Gasteiger partial charge in [-0.15, -0.1) is 0 Å². The van der Waals surface area contributed by atoms with E-state index in [-0.39, 0.29) is 22.0 Å². The summed E-state index contributed by atoms with van der Waals surface area (Å²) in [4.78, 5) is 34.8. The first-order valence-corrected chi connectivity index (χ1v) is 14.8. The Morgan fingerprint density at radius 1 is 0.513 bits per heavy atom. The molecule has 0 aromatic heterocycles. The van der Waals surface area contributed by atoms with Crippen LogP contribution in [-0.2, 0) is 16.0 Å². The number of hydrogen-bond donors (Lipinski definition) is 0. The first-order valence-electron chi connectivity index (χ1n) is 14.8. The zero-order valence-corrected chi connectivity index (χ0v) is 26.1. The number of carbonyl (C=O) groups is 3. The van der Waals surface area contributed by atoms with Crippen molar-refractivity contribution in [2.75, 3.05) is 0 Å². The van der Waals surface area contributed by atoms with Crippen LogP contribution in [0, 0.1) is 16.2 Å². The predicted octanol–water partition coefficient (Wildman–Crippen LogP) is 9.60. The summed E-state index contributed by atoms with van der Waals surface area (Å²) in [5.74, 6) is 0.952. The molecule has 3 aliphatic rings. The van der Waals surface area contributed by atoms with Gasteiger partial charge >= 0.3 is 0 Å². The minimum atomic E-state index is 0.0806. The molecule has 0 heterocycles. The van der Waals surface area contributed by atoms with E-state index in [1.54, 1.807) is 0 Å². The number of rotatable bonds is 0. The Morgan fingerprint density at radius 2 is 0.949 bits per heavy atom. The van der Waals surface area contributed by atoms with Crippen LogP contribution >= 0.6 is 0 Å². The molecule has 39 heavy (non-hydrogen) atoms. The van der Waals surface area contributed by atoms with Crippen molar-refractivity contribution >= 4 is 17.3 Å². The summed E-state index contributed by atoms with van der Waals surface area (Å²) in [5, 5.41) is 0. The van der Waals surface area contributed by atoms with Gasteiger partial charge in [-0.1, -0.05) is 105 Å². The van der Waals surface area contributed by atoms with Crippen LogP contribution in [0.15, 0.2) is 59.2 Å². The van der Waals surface area contributed by atoms with Crippen molar-refractivity contribution in [3.8, 4) is 0 Å². The van der Waals surface area contributed by atoms with Crippen molar-refractivity contribution in [1.29, 1.82) is 0 Å². The largest absolute Gasteiger partial charge is 0.295 e. The average molecular weight is 533 g/mol. The van der Waals surface area contributed by atoms with Gasteiger partial charge in [-0.25, -0.2) is 0 Å². The molecule has 2 saturated carbocycles. The van der Waals surface area contributed by atoms with E-state index in [1.807, 2.05) is 18.2 Å². The Hall–Kier alpha value is -2.55. The maximum Gasteiger partial charge on any atom is 0.188 e. The second kappa shape index (κ2) is 13.7. The van der Waals surface area contributed by atoms with Crippen LogP contribution in [0.1, 0.15) is 130 Å². The number of benzene rings is 1. The van der Waals surface area contributed by atoms with Crippen molar-refractivity contribution in [1.82, 2.24) is 0 Å². The Morgan fingerprint density at radius 3 is 1.41 bits per heavy atom.